The molecule has 0 saturated heterocycles. The fourth-order valence-electron chi connectivity index (χ4n) is 1.48. The van der Waals surface area contributed by atoms with Crippen molar-refractivity contribution in [2.75, 3.05) is 6.61 Å². The first-order valence-electron chi connectivity index (χ1n) is 6.03. The Morgan fingerprint density at radius 3 is 3.10 bits per heavy atom. The summed E-state index contributed by atoms with van der Waals surface area (Å²) in [5.74, 6) is 5.51. The zero-order valence-corrected chi connectivity index (χ0v) is 11.5. The molecule has 2 heterocycles. The zero-order chi connectivity index (χ0) is 14.2. The van der Waals surface area contributed by atoms with Crippen molar-refractivity contribution in [3.63, 3.8) is 0 Å². The van der Waals surface area contributed by atoms with Crippen LogP contribution in [0.2, 0.25) is 0 Å². The van der Waals surface area contributed by atoms with Gasteiger partial charge < -0.3 is 10.4 Å². The average Bonchev–Trinajstić information content (AvgIpc) is 2.95. The van der Waals surface area contributed by atoms with Crippen LogP contribution in [0.1, 0.15) is 27.3 Å². The Kier molecular flexibility index (Phi) is 5.24. The van der Waals surface area contributed by atoms with Crippen LogP contribution in [0.5, 0.6) is 0 Å². The number of amides is 1. The van der Waals surface area contributed by atoms with Crippen LogP contribution in [0.4, 0.5) is 0 Å². The quantitative estimate of drug-likeness (QED) is 0.829. The van der Waals surface area contributed by atoms with Crippen molar-refractivity contribution < 1.29 is 9.90 Å². The second kappa shape index (κ2) is 7.38. The molecule has 0 aliphatic rings. The van der Waals surface area contributed by atoms with Gasteiger partial charge in [0.05, 0.1) is 18.8 Å². The molecular weight excluding hydrogens is 274 g/mol. The molecule has 2 aromatic rings. The first-order chi connectivity index (χ1) is 9.81. The second-order valence-electron chi connectivity index (χ2n) is 3.84. The summed E-state index contributed by atoms with van der Waals surface area (Å²) in [7, 11) is 0. The van der Waals surface area contributed by atoms with E-state index >= 15 is 0 Å². The Hall–Kier alpha value is -2.23. The number of aliphatic hydroxyl groups excluding tert-OH is 1. The maximum atomic E-state index is 12.1. The van der Waals surface area contributed by atoms with E-state index in [1.165, 1.54) is 11.3 Å². The highest BCUT2D eigenvalue weighted by molar-refractivity contribution is 7.12. The molecule has 5 nitrogen and oxygen atoms in total. The van der Waals surface area contributed by atoms with Gasteiger partial charge >= 0.3 is 0 Å². The van der Waals surface area contributed by atoms with Gasteiger partial charge in [-0.15, -0.1) is 11.3 Å². The summed E-state index contributed by atoms with van der Waals surface area (Å²) in [6.07, 6.45) is 1.98. The Morgan fingerprint density at radius 2 is 2.35 bits per heavy atom. The summed E-state index contributed by atoms with van der Waals surface area (Å²) in [6, 6.07) is 5.36. The second-order valence-corrected chi connectivity index (χ2v) is 4.75. The molecule has 0 fully saturated rings. The highest BCUT2D eigenvalue weighted by atomic mass is 32.1. The minimum atomic E-state index is -0.182. The zero-order valence-electron chi connectivity index (χ0n) is 10.7. The molecule has 0 atom stereocenters. The molecule has 0 spiro atoms. The van der Waals surface area contributed by atoms with E-state index in [9.17, 15) is 4.79 Å². The van der Waals surface area contributed by atoms with Crippen molar-refractivity contribution in [1.82, 2.24) is 15.5 Å². The van der Waals surface area contributed by atoms with Gasteiger partial charge in [-0.25, -0.2) is 0 Å². The molecule has 1 amide bonds. The van der Waals surface area contributed by atoms with E-state index in [1.807, 2.05) is 5.38 Å². The van der Waals surface area contributed by atoms with E-state index in [2.05, 4.69) is 27.4 Å². The molecule has 2 N–H and O–H groups in total. The van der Waals surface area contributed by atoms with Crippen LogP contribution in [0.15, 0.2) is 29.8 Å². The first-order valence-corrected chi connectivity index (χ1v) is 6.91. The topological polar surface area (TPSA) is 75.1 Å². The minimum absolute atomic E-state index is 0.0192. The number of hydrogen-bond donors (Lipinski definition) is 2. The van der Waals surface area contributed by atoms with Gasteiger partial charge in [0, 0.05) is 18.2 Å². The SMILES string of the molecule is O=C(NCc1cccnn1)c1sccc1C#CCCO. The maximum absolute atomic E-state index is 12.1. The van der Waals surface area contributed by atoms with Crippen LogP contribution in [-0.4, -0.2) is 27.8 Å². The van der Waals surface area contributed by atoms with Gasteiger partial charge in [-0.2, -0.15) is 10.2 Å². The number of nitrogens with zero attached hydrogens (tertiary/aromatic N) is 2. The van der Waals surface area contributed by atoms with E-state index in [4.69, 9.17) is 5.11 Å². The largest absolute Gasteiger partial charge is 0.395 e. The van der Waals surface area contributed by atoms with Crippen molar-refractivity contribution in [3.05, 3.63) is 45.9 Å². The Bertz CT molecular complexity index is 629. The molecular formula is C14H13N3O2S. The molecule has 0 bridgehead atoms. The van der Waals surface area contributed by atoms with Crippen LogP contribution >= 0.6 is 11.3 Å². The number of nitrogens with one attached hydrogen (secondary N) is 1. The lowest BCUT2D eigenvalue weighted by Gasteiger charge is -2.02. The summed E-state index contributed by atoms with van der Waals surface area (Å²) in [5, 5.41) is 20.9. The molecule has 20 heavy (non-hydrogen) atoms. The van der Waals surface area contributed by atoms with E-state index in [1.54, 1.807) is 24.4 Å². The van der Waals surface area contributed by atoms with E-state index in [-0.39, 0.29) is 12.5 Å². The van der Waals surface area contributed by atoms with E-state index in [0.29, 0.717) is 29.1 Å². The lowest BCUT2D eigenvalue weighted by atomic mass is 10.2. The van der Waals surface area contributed by atoms with Gasteiger partial charge in [0.15, 0.2) is 0 Å². The van der Waals surface area contributed by atoms with Crippen molar-refractivity contribution in [3.8, 4) is 11.8 Å². The van der Waals surface area contributed by atoms with E-state index in [0.717, 1.165) is 0 Å². The predicted molar refractivity (Wildman–Crippen MR) is 76.1 cm³/mol. The number of thiophene rings is 1. The van der Waals surface area contributed by atoms with Gasteiger partial charge in [-0.05, 0) is 23.6 Å². The molecule has 0 aliphatic carbocycles. The number of carbonyl (C=O) groups excluding carboxylic acids is 1. The molecule has 0 aromatic carbocycles. The van der Waals surface area contributed by atoms with Crippen molar-refractivity contribution in [2.24, 2.45) is 0 Å². The van der Waals surface area contributed by atoms with Crippen LogP contribution in [0.25, 0.3) is 0 Å². The summed E-state index contributed by atoms with van der Waals surface area (Å²) in [4.78, 5) is 12.6. The number of hydrogen-bond acceptors (Lipinski definition) is 5. The highest BCUT2D eigenvalue weighted by Gasteiger charge is 2.11. The molecule has 0 saturated carbocycles. The number of aromatic nitrogens is 2. The molecule has 2 aromatic heterocycles. The molecule has 0 radical (unpaired) electrons. The Balaban J connectivity index is 2.00. The van der Waals surface area contributed by atoms with E-state index < -0.39 is 0 Å². The minimum Gasteiger partial charge on any atom is -0.395 e. The Labute approximate surface area is 120 Å². The molecule has 6 heteroatoms. The lowest BCUT2D eigenvalue weighted by Crippen LogP contribution is -2.23. The number of carbonyl (C=O) groups is 1. The Morgan fingerprint density at radius 1 is 1.45 bits per heavy atom. The van der Waals surface area contributed by atoms with Gasteiger partial charge in [0.25, 0.3) is 5.91 Å². The smallest absolute Gasteiger partial charge is 0.262 e. The third-order valence-corrected chi connectivity index (χ3v) is 3.30. The fourth-order valence-corrected chi connectivity index (χ4v) is 2.24. The van der Waals surface area contributed by atoms with Crippen molar-refractivity contribution in [1.29, 1.82) is 0 Å². The number of rotatable bonds is 4. The average molecular weight is 287 g/mol. The van der Waals surface area contributed by atoms with Crippen LogP contribution < -0.4 is 5.32 Å². The summed E-state index contributed by atoms with van der Waals surface area (Å²) in [6.45, 7) is 0.347. The maximum Gasteiger partial charge on any atom is 0.262 e. The standard InChI is InChI=1S/C14H13N3O2S/c18-8-2-1-4-11-6-9-20-13(11)14(19)15-10-12-5-3-7-16-17-12/h3,5-7,9,18H,2,8,10H2,(H,15,19). The summed E-state index contributed by atoms with van der Waals surface area (Å²) < 4.78 is 0. The molecule has 0 aliphatic heterocycles. The van der Waals surface area contributed by atoms with Gasteiger partial charge in [0.2, 0.25) is 0 Å². The third kappa shape index (κ3) is 3.88. The normalized spacial score (nSPS) is 9.65. The van der Waals surface area contributed by atoms with Crippen LogP contribution in [0, 0.1) is 11.8 Å². The molecule has 0 unspecified atom stereocenters. The van der Waals surface area contributed by atoms with Crippen molar-refractivity contribution >= 4 is 17.2 Å². The third-order valence-electron chi connectivity index (χ3n) is 2.39. The number of aliphatic hydroxyl groups is 1. The van der Waals surface area contributed by atoms with Crippen molar-refractivity contribution in [2.45, 2.75) is 13.0 Å². The predicted octanol–water partition coefficient (Wildman–Crippen LogP) is 1.20. The molecule has 2 rings (SSSR count). The van der Waals surface area contributed by atoms with Gasteiger partial charge in [0.1, 0.15) is 4.88 Å². The van der Waals surface area contributed by atoms with Gasteiger partial charge in [-0.3, -0.25) is 4.79 Å². The highest BCUT2D eigenvalue weighted by Crippen LogP contribution is 2.15. The fraction of sp³-hybridized carbons (Fsp3) is 0.214. The first kappa shape index (κ1) is 14.2. The summed E-state index contributed by atoms with van der Waals surface area (Å²) in [5.41, 5.74) is 1.38. The molecule has 102 valence electrons. The van der Waals surface area contributed by atoms with Gasteiger partial charge in [-0.1, -0.05) is 11.8 Å². The van der Waals surface area contributed by atoms with Crippen LogP contribution in [-0.2, 0) is 6.54 Å². The monoisotopic (exact) mass is 287 g/mol. The van der Waals surface area contributed by atoms with Crippen LogP contribution in [0.3, 0.4) is 0 Å². The summed E-state index contributed by atoms with van der Waals surface area (Å²) >= 11 is 1.34. The lowest BCUT2D eigenvalue weighted by molar-refractivity contribution is 0.0954.